The van der Waals surface area contributed by atoms with Gasteiger partial charge in [-0.25, -0.2) is 9.18 Å². The van der Waals surface area contributed by atoms with Gasteiger partial charge >= 0.3 is 6.03 Å². The second-order valence-corrected chi connectivity index (χ2v) is 6.04. The van der Waals surface area contributed by atoms with Crippen molar-refractivity contribution in [2.24, 2.45) is 0 Å². The molecular formula is C21H20FN3O4. The van der Waals surface area contributed by atoms with Crippen LogP contribution in [0.25, 0.3) is 0 Å². The van der Waals surface area contributed by atoms with Gasteiger partial charge in [0.05, 0.1) is 25.8 Å². The zero-order valence-electron chi connectivity index (χ0n) is 15.5. The van der Waals surface area contributed by atoms with Gasteiger partial charge in [-0.05, 0) is 48.5 Å². The highest BCUT2D eigenvalue weighted by atomic mass is 19.1. The van der Waals surface area contributed by atoms with E-state index in [0.29, 0.717) is 17.1 Å². The topological polar surface area (TPSA) is 92.6 Å². The van der Waals surface area contributed by atoms with E-state index in [2.05, 4.69) is 16.0 Å². The number of nitrogens with one attached hydrogen (secondary N) is 3. The van der Waals surface area contributed by atoms with Gasteiger partial charge in [-0.2, -0.15) is 0 Å². The van der Waals surface area contributed by atoms with Crippen LogP contribution >= 0.6 is 0 Å². The second kappa shape index (κ2) is 9.93. The maximum absolute atomic E-state index is 13.4. The molecule has 8 heteroatoms. The van der Waals surface area contributed by atoms with Gasteiger partial charge in [-0.1, -0.05) is 12.1 Å². The third kappa shape index (κ3) is 6.39. The van der Waals surface area contributed by atoms with Crippen molar-refractivity contribution in [3.05, 3.63) is 78.5 Å². The number of urea groups is 1. The molecule has 0 spiro atoms. The highest BCUT2D eigenvalue weighted by molar-refractivity contribution is 5.92. The summed E-state index contributed by atoms with van der Waals surface area (Å²) in [4.78, 5) is 23.8. The van der Waals surface area contributed by atoms with E-state index >= 15 is 0 Å². The van der Waals surface area contributed by atoms with Crippen molar-refractivity contribution >= 4 is 23.3 Å². The Labute approximate surface area is 166 Å². The Bertz CT molecular complexity index is 943. The lowest BCUT2D eigenvalue weighted by Gasteiger charge is -2.09. The van der Waals surface area contributed by atoms with Crippen LogP contribution in [-0.4, -0.2) is 18.5 Å². The summed E-state index contributed by atoms with van der Waals surface area (Å²) in [6.45, 7) is 0.337. The molecule has 0 saturated heterocycles. The van der Waals surface area contributed by atoms with Crippen molar-refractivity contribution in [3.8, 4) is 5.75 Å². The minimum absolute atomic E-state index is 0.0578. The third-order valence-corrected chi connectivity index (χ3v) is 3.85. The Balaban J connectivity index is 1.39. The number of rotatable bonds is 8. The van der Waals surface area contributed by atoms with Crippen LogP contribution in [0.2, 0.25) is 0 Å². The predicted octanol–water partition coefficient (Wildman–Crippen LogP) is 4.15. The molecule has 150 valence electrons. The van der Waals surface area contributed by atoms with Crippen molar-refractivity contribution in [2.45, 2.75) is 13.0 Å². The SMILES string of the molecule is O=C(CCOc1ccccc1F)Nc1ccc(NC(=O)NCc2ccco2)cc1. The van der Waals surface area contributed by atoms with Crippen LogP contribution in [0.3, 0.4) is 0 Å². The van der Waals surface area contributed by atoms with Crippen LogP contribution in [-0.2, 0) is 11.3 Å². The molecule has 0 aliphatic carbocycles. The quantitative estimate of drug-likeness (QED) is 0.532. The monoisotopic (exact) mass is 397 g/mol. The highest BCUT2D eigenvalue weighted by Gasteiger charge is 2.07. The summed E-state index contributed by atoms with van der Waals surface area (Å²) in [6.07, 6.45) is 1.61. The van der Waals surface area contributed by atoms with Gasteiger partial charge in [0.15, 0.2) is 11.6 Å². The van der Waals surface area contributed by atoms with E-state index in [1.165, 1.54) is 18.4 Å². The molecule has 0 aliphatic rings. The van der Waals surface area contributed by atoms with E-state index in [9.17, 15) is 14.0 Å². The Morgan fingerprint density at radius 1 is 0.931 bits per heavy atom. The normalized spacial score (nSPS) is 10.2. The van der Waals surface area contributed by atoms with Crippen LogP contribution in [0.4, 0.5) is 20.6 Å². The van der Waals surface area contributed by atoms with Crippen LogP contribution in [0.1, 0.15) is 12.2 Å². The Morgan fingerprint density at radius 3 is 2.34 bits per heavy atom. The summed E-state index contributed by atoms with van der Waals surface area (Å²) in [7, 11) is 0. The molecular weight excluding hydrogens is 377 g/mol. The van der Waals surface area contributed by atoms with E-state index in [4.69, 9.17) is 9.15 Å². The molecule has 1 aromatic heterocycles. The average molecular weight is 397 g/mol. The molecule has 0 bridgehead atoms. The van der Waals surface area contributed by atoms with Crippen molar-refractivity contribution in [3.63, 3.8) is 0 Å². The number of para-hydroxylation sites is 1. The highest BCUT2D eigenvalue weighted by Crippen LogP contribution is 2.16. The van der Waals surface area contributed by atoms with Crippen LogP contribution in [0.15, 0.2) is 71.3 Å². The molecule has 29 heavy (non-hydrogen) atoms. The number of halogens is 1. The molecule has 0 atom stereocenters. The fourth-order valence-electron chi connectivity index (χ4n) is 2.43. The number of carbonyl (C=O) groups is 2. The number of anilines is 2. The Kier molecular flexibility index (Phi) is 6.83. The first-order chi connectivity index (χ1) is 14.1. The summed E-state index contributed by atoms with van der Waals surface area (Å²) in [5.41, 5.74) is 1.14. The third-order valence-electron chi connectivity index (χ3n) is 3.85. The van der Waals surface area contributed by atoms with Crippen LogP contribution in [0, 0.1) is 5.82 Å². The molecule has 0 radical (unpaired) electrons. The first-order valence-corrected chi connectivity index (χ1v) is 8.94. The van der Waals surface area contributed by atoms with E-state index < -0.39 is 5.82 Å². The standard InChI is InChI=1S/C21H20FN3O4/c22-18-5-1-2-6-19(18)29-13-11-20(26)24-15-7-9-16(10-8-15)25-21(27)23-14-17-4-3-12-28-17/h1-10,12H,11,13-14H2,(H,24,26)(H2,23,25,27). The number of carbonyl (C=O) groups excluding carboxylic acids is 2. The number of amides is 3. The molecule has 3 amide bonds. The van der Waals surface area contributed by atoms with Gasteiger partial charge in [0.25, 0.3) is 0 Å². The molecule has 1 heterocycles. The molecule has 0 aliphatic heterocycles. The lowest BCUT2D eigenvalue weighted by molar-refractivity contribution is -0.116. The Hall–Kier alpha value is -3.81. The fraction of sp³-hybridized carbons (Fsp3) is 0.143. The van der Waals surface area contributed by atoms with Gasteiger partial charge < -0.3 is 25.1 Å². The summed E-state index contributed by atoms with van der Waals surface area (Å²) >= 11 is 0. The summed E-state index contributed by atoms with van der Waals surface area (Å²) in [5.74, 6) is 0.0284. The van der Waals surface area contributed by atoms with Crippen LogP contribution < -0.4 is 20.7 Å². The average Bonchev–Trinajstić information content (AvgIpc) is 3.23. The van der Waals surface area contributed by atoms with Gasteiger partial charge in [0.2, 0.25) is 5.91 Å². The van der Waals surface area contributed by atoms with Gasteiger partial charge in [-0.3, -0.25) is 4.79 Å². The van der Waals surface area contributed by atoms with Gasteiger partial charge in [0, 0.05) is 11.4 Å². The molecule has 3 rings (SSSR count). The minimum atomic E-state index is -0.468. The second-order valence-electron chi connectivity index (χ2n) is 6.04. The zero-order chi connectivity index (χ0) is 20.5. The molecule has 3 aromatic rings. The molecule has 3 N–H and O–H groups in total. The number of hydrogen-bond donors (Lipinski definition) is 3. The van der Waals surface area contributed by atoms with E-state index in [1.54, 1.807) is 48.5 Å². The molecule has 7 nitrogen and oxygen atoms in total. The maximum atomic E-state index is 13.4. The first-order valence-electron chi connectivity index (χ1n) is 8.94. The summed E-state index contributed by atoms with van der Waals surface area (Å²) < 4.78 is 23.8. The van der Waals surface area contributed by atoms with Crippen molar-refractivity contribution < 1.29 is 23.1 Å². The Morgan fingerprint density at radius 2 is 1.66 bits per heavy atom. The van der Waals surface area contributed by atoms with Gasteiger partial charge in [-0.15, -0.1) is 0 Å². The van der Waals surface area contributed by atoms with Crippen molar-refractivity contribution in [1.82, 2.24) is 5.32 Å². The molecule has 0 saturated carbocycles. The van der Waals surface area contributed by atoms with E-state index in [-0.39, 0.29) is 37.3 Å². The van der Waals surface area contributed by atoms with Crippen LogP contribution in [0.5, 0.6) is 5.75 Å². The molecule has 2 aromatic carbocycles. The predicted molar refractivity (Wildman–Crippen MR) is 106 cm³/mol. The van der Waals surface area contributed by atoms with E-state index in [1.807, 2.05) is 0 Å². The molecule has 0 fully saturated rings. The number of ether oxygens (including phenoxy) is 1. The number of hydrogen-bond acceptors (Lipinski definition) is 4. The zero-order valence-corrected chi connectivity index (χ0v) is 15.5. The lowest BCUT2D eigenvalue weighted by atomic mass is 10.2. The minimum Gasteiger partial charge on any atom is -0.490 e. The smallest absolute Gasteiger partial charge is 0.319 e. The molecule has 0 unspecified atom stereocenters. The number of furan rings is 1. The van der Waals surface area contributed by atoms with Crippen molar-refractivity contribution in [1.29, 1.82) is 0 Å². The summed E-state index contributed by atoms with van der Waals surface area (Å²) in [6, 6.07) is 15.8. The summed E-state index contributed by atoms with van der Waals surface area (Å²) in [5, 5.41) is 8.06. The number of benzene rings is 2. The van der Waals surface area contributed by atoms with E-state index in [0.717, 1.165) is 0 Å². The van der Waals surface area contributed by atoms with Gasteiger partial charge in [0.1, 0.15) is 5.76 Å². The fourth-order valence-corrected chi connectivity index (χ4v) is 2.43. The lowest BCUT2D eigenvalue weighted by Crippen LogP contribution is -2.27. The maximum Gasteiger partial charge on any atom is 0.319 e. The first kappa shape index (κ1) is 19.9. The van der Waals surface area contributed by atoms with Crippen molar-refractivity contribution in [2.75, 3.05) is 17.2 Å². The largest absolute Gasteiger partial charge is 0.490 e.